The van der Waals surface area contributed by atoms with Gasteiger partial charge in [-0.1, -0.05) is 11.6 Å². The Morgan fingerprint density at radius 1 is 1.52 bits per heavy atom. The Labute approximate surface area is 141 Å². The first-order chi connectivity index (χ1) is 11.0. The highest BCUT2D eigenvalue weighted by Gasteiger charge is 2.24. The molecule has 2 heterocycles. The van der Waals surface area contributed by atoms with Crippen LogP contribution in [0.25, 0.3) is 0 Å². The molecule has 1 amide bonds. The van der Waals surface area contributed by atoms with Gasteiger partial charge in [-0.15, -0.1) is 0 Å². The van der Waals surface area contributed by atoms with Crippen molar-refractivity contribution in [2.75, 3.05) is 45.2 Å². The number of likely N-dealkylation sites (N-methyl/N-ethyl adjacent to an activating group) is 2. The molecule has 0 aliphatic carbocycles. The molecule has 0 spiro atoms. The largest absolute Gasteiger partial charge is 0.354 e. The number of aromatic nitrogens is 2. The maximum Gasteiger partial charge on any atom is 0.209 e. The first kappa shape index (κ1) is 17.4. The van der Waals surface area contributed by atoms with E-state index in [1.165, 1.54) is 0 Å². The van der Waals surface area contributed by atoms with Crippen LogP contribution in [0.15, 0.2) is 6.20 Å². The number of hydrogen-bond acceptors (Lipinski definition) is 6. The summed E-state index contributed by atoms with van der Waals surface area (Å²) in [6.07, 6.45) is 4.61. The first-order valence-corrected chi connectivity index (χ1v) is 7.96. The second-order valence-corrected chi connectivity index (χ2v) is 6.15. The predicted octanol–water partition coefficient (Wildman–Crippen LogP) is 0.990. The van der Waals surface area contributed by atoms with E-state index in [4.69, 9.17) is 16.9 Å². The van der Waals surface area contributed by atoms with Gasteiger partial charge in [0.2, 0.25) is 6.41 Å². The number of anilines is 1. The van der Waals surface area contributed by atoms with Gasteiger partial charge in [-0.05, 0) is 19.9 Å². The first-order valence-electron chi connectivity index (χ1n) is 7.58. The zero-order valence-corrected chi connectivity index (χ0v) is 14.2. The molecule has 1 aromatic rings. The van der Waals surface area contributed by atoms with E-state index in [-0.39, 0.29) is 10.8 Å². The molecule has 0 saturated carbocycles. The number of carbonyl (C=O) groups excluding carboxylic acids is 1. The van der Waals surface area contributed by atoms with Crippen molar-refractivity contribution in [1.82, 2.24) is 19.8 Å². The molecule has 1 atom stereocenters. The number of nitrogens with zero attached hydrogens (tertiary/aromatic N) is 6. The van der Waals surface area contributed by atoms with Crippen molar-refractivity contribution in [2.24, 2.45) is 0 Å². The van der Waals surface area contributed by atoms with Crippen LogP contribution in [0.3, 0.4) is 0 Å². The molecular formula is C15H21ClN6O. The molecule has 1 aromatic heterocycles. The van der Waals surface area contributed by atoms with Crippen molar-refractivity contribution in [1.29, 1.82) is 5.26 Å². The molecule has 1 aliphatic rings. The molecule has 124 valence electrons. The standard InChI is InChI=1S/C15H21ClN6O/c1-20(11-23)6-7-21(2)12-4-3-5-22(10-12)14-9-18-13(8-17)15(16)19-14/h9,11-12H,3-7,10H2,1-2H3. The summed E-state index contributed by atoms with van der Waals surface area (Å²) in [7, 11) is 3.85. The second kappa shape index (κ2) is 8.09. The molecule has 0 N–H and O–H groups in total. The van der Waals surface area contributed by atoms with Gasteiger partial charge in [0.05, 0.1) is 6.20 Å². The van der Waals surface area contributed by atoms with E-state index in [0.717, 1.165) is 38.9 Å². The molecule has 0 bridgehead atoms. The molecule has 0 radical (unpaired) electrons. The Kier molecular flexibility index (Phi) is 6.13. The summed E-state index contributed by atoms with van der Waals surface area (Å²) < 4.78 is 0. The number of carbonyl (C=O) groups is 1. The van der Waals surface area contributed by atoms with Crippen LogP contribution in [0.1, 0.15) is 18.5 Å². The summed E-state index contributed by atoms with van der Waals surface area (Å²) in [5.74, 6) is 0.706. The lowest BCUT2D eigenvalue weighted by Gasteiger charge is -2.38. The minimum Gasteiger partial charge on any atom is -0.354 e. The van der Waals surface area contributed by atoms with Crippen LogP contribution in [0, 0.1) is 11.3 Å². The molecule has 1 saturated heterocycles. The van der Waals surface area contributed by atoms with E-state index < -0.39 is 0 Å². The van der Waals surface area contributed by atoms with Gasteiger partial charge in [0.25, 0.3) is 0 Å². The number of rotatable bonds is 6. The average Bonchev–Trinajstić information content (AvgIpc) is 2.59. The fraction of sp³-hybridized carbons (Fsp3) is 0.600. The maximum atomic E-state index is 10.7. The van der Waals surface area contributed by atoms with Crippen LogP contribution in [0.4, 0.5) is 5.82 Å². The highest BCUT2D eigenvalue weighted by molar-refractivity contribution is 6.30. The molecular weight excluding hydrogens is 316 g/mol. The van der Waals surface area contributed by atoms with Gasteiger partial charge in [-0.2, -0.15) is 5.26 Å². The van der Waals surface area contributed by atoms with Gasteiger partial charge in [0, 0.05) is 39.3 Å². The monoisotopic (exact) mass is 336 g/mol. The summed E-state index contributed by atoms with van der Waals surface area (Å²) >= 11 is 5.98. The number of nitriles is 1. The molecule has 23 heavy (non-hydrogen) atoms. The number of hydrogen-bond donors (Lipinski definition) is 0. The van der Waals surface area contributed by atoms with Crippen LogP contribution in [0.5, 0.6) is 0 Å². The predicted molar refractivity (Wildman–Crippen MR) is 88.3 cm³/mol. The van der Waals surface area contributed by atoms with Crippen LogP contribution in [-0.4, -0.2) is 72.5 Å². The molecule has 1 fully saturated rings. The highest BCUT2D eigenvalue weighted by atomic mass is 35.5. The van der Waals surface area contributed by atoms with E-state index in [1.807, 2.05) is 6.07 Å². The summed E-state index contributed by atoms with van der Waals surface area (Å²) in [6.45, 7) is 3.26. The topological polar surface area (TPSA) is 76.4 Å². The zero-order valence-electron chi connectivity index (χ0n) is 13.4. The van der Waals surface area contributed by atoms with Crippen molar-refractivity contribution < 1.29 is 4.79 Å². The Morgan fingerprint density at radius 2 is 2.30 bits per heavy atom. The third kappa shape index (κ3) is 4.53. The van der Waals surface area contributed by atoms with Gasteiger partial charge in [-0.25, -0.2) is 9.97 Å². The van der Waals surface area contributed by atoms with Crippen LogP contribution < -0.4 is 4.90 Å². The van der Waals surface area contributed by atoms with E-state index in [9.17, 15) is 4.79 Å². The van der Waals surface area contributed by atoms with E-state index in [1.54, 1.807) is 18.1 Å². The Balaban J connectivity index is 1.99. The molecule has 1 unspecified atom stereocenters. The van der Waals surface area contributed by atoms with Gasteiger partial charge in [-0.3, -0.25) is 9.69 Å². The fourth-order valence-electron chi connectivity index (χ4n) is 2.66. The lowest BCUT2D eigenvalue weighted by atomic mass is 10.0. The SMILES string of the molecule is CN(C=O)CCN(C)C1CCCN(c2cnc(C#N)c(Cl)n2)C1. The molecule has 2 rings (SSSR count). The van der Waals surface area contributed by atoms with E-state index >= 15 is 0 Å². The lowest BCUT2D eigenvalue weighted by Crippen LogP contribution is -2.48. The smallest absolute Gasteiger partial charge is 0.209 e. The summed E-state index contributed by atoms with van der Waals surface area (Å²) in [5, 5.41) is 9.02. The van der Waals surface area contributed by atoms with Crippen molar-refractivity contribution in [2.45, 2.75) is 18.9 Å². The quantitative estimate of drug-likeness (QED) is 0.721. The number of amides is 1. The molecule has 7 nitrogen and oxygen atoms in total. The number of piperidine rings is 1. The highest BCUT2D eigenvalue weighted by Crippen LogP contribution is 2.22. The van der Waals surface area contributed by atoms with Gasteiger partial charge in [0.15, 0.2) is 10.8 Å². The van der Waals surface area contributed by atoms with E-state index in [2.05, 4.69) is 26.8 Å². The minimum atomic E-state index is 0.146. The van der Waals surface area contributed by atoms with Gasteiger partial charge in [0.1, 0.15) is 11.9 Å². The van der Waals surface area contributed by atoms with Crippen LogP contribution in [0.2, 0.25) is 5.15 Å². The van der Waals surface area contributed by atoms with Crippen molar-refractivity contribution in [3.63, 3.8) is 0 Å². The van der Waals surface area contributed by atoms with E-state index in [0.29, 0.717) is 18.4 Å². The Bertz CT molecular complexity index is 590. The maximum absolute atomic E-state index is 10.7. The Hall–Kier alpha value is -1.91. The fourth-order valence-corrected chi connectivity index (χ4v) is 2.84. The third-order valence-electron chi connectivity index (χ3n) is 4.15. The van der Waals surface area contributed by atoms with Crippen molar-refractivity contribution in [3.8, 4) is 6.07 Å². The van der Waals surface area contributed by atoms with Crippen molar-refractivity contribution in [3.05, 3.63) is 17.0 Å². The molecule has 8 heteroatoms. The van der Waals surface area contributed by atoms with Crippen LogP contribution >= 0.6 is 11.6 Å². The minimum absolute atomic E-state index is 0.146. The number of halogens is 1. The van der Waals surface area contributed by atoms with Crippen molar-refractivity contribution >= 4 is 23.8 Å². The zero-order chi connectivity index (χ0) is 16.8. The second-order valence-electron chi connectivity index (χ2n) is 5.79. The average molecular weight is 337 g/mol. The van der Waals surface area contributed by atoms with Crippen LogP contribution in [-0.2, 0) is 4.79 Å². The normalized spacial score (nSPS) is 17.9. The summed E-state index contributed by atoms with van der Waals surface area (Å²) in [5.41, 5.74) is 0.151. The van der Waals surface area contributed by atoms with Gasteiger partial charge < -0.3 is 9.80 Å². The summed E-state index contributed by atoms with van der Waals surface area (Å²) in [4.78, 5) is 25.1. The van der Waals surface area contributed by atoms with Gasteiger partial charge >= 0.3 is 0 Å². The lowest BCUT2D eigenvalue weighted by molar-refractivity contribution is -0.117. The molecule has 0 aromatic carbocycles. The summed E-state index contributed by atoms with van der Waals surface area (Å²) in [6, 6.07) is 2.31. The molecule has 1 aliphatic heterocycles. The Morgan fingerprint density at radius 3 is 2.96 bits per heavy atom. The third-order valence-corrected chi connectivity index (χ3v) is 4.42.